The molecule has 0 bridgehead atoms. The smallest absolute Gasteiger partial charge is 0.392 e. The van der Waals surface area contributed by atoms with E-state index >= 15 is 0 Å². The molecule has 0 aliphatic carbocycles. The molecule has 0 saturated carbocycles. The lowest BCUT2D eigenvalue weighted by Crippen LogP contribution is -2.32. The van der Waals surface area contributed by atoms with Gasteiger partial charge in [-0.15, -0.1) is 0 Å². The number of carboxylic acid groups (broad SMARTS) is 1. The lowest BCUT2D eigenvalue weighted by molar-refractivity contribution is -0.300. The maximum Gasteiger partial charge on any atom is 0.392 e. The molecule has 82 valence electrons. The van der Waals surface area contributed by atoms with Gasteiger partial charge in [0.1, 0.15) is 6.17 Å². The first-order valence-corrected chi connectivity index (χ1v) is 3.12. The first kappa shape index (κ1) is 12.8. The summed E-state index contributed by atoms with van der Waals surface area (Å²) in [5, 5.41) is 9.81. The lowest BCUT2D eigenvalue weighted by Gasteiger charge is -2.14. The minimum atomic E-state index is -5.06. The average molecular weight is 221 g/mol. The number of alkyl halides is 4. The van der Waals surface area contributed by atoms with Crippen molar-refractivity contribution in [2.45, 2.75) is 18.8 Å². The molecule has 0 heterocycles. The highest BCUT2D eigenvalue weighted by Gasteiger charge is 2.35. The first-order valence-electron chi connectivity index (χ1n) is 3.12. The zero-order valence-corrected chi connectivity index (χ0v) is 6.37. The van der Waals surface area contributed by atoms with E-state index in [1.54, 1.807) is 0 Å². The Morgan fingerprint density at radius 2 is 1.71 bits per heavy atom. The Labute approximate surface area is 73.8 Å². The molecular formula is C6H3F6O2-. The Morgan fingerprint density at radius 3 is 1.93 bits per heavy atom. The molecule has 2 nitrogen and oxygen atoms in total. The van der Waals surface area contributed by atoms with Gasteiger partial charge >= 0.3 is 6.18 Å². The van der Waals surface area contributed by atoms with E-state index in [9.17, 15) is 36.2 Å². The van der Waals surface area contributed by atoms with Crippen LogP contribution in [0.3, 0.4) is 0 Å². The van der Waals surface area contributed by atoms with Crippen molar-refractivity contribution in [1.29, 1.82) is 0 Å². The standard InChI is InChI=1S/C6H4F6O2/c7-2(1-6(10,11)12)3(4(8)9)5(13)14/h2H,1H2,(H,13,14)/p-1. The van der Waals surface area contributed by atoms with Crippen LogP contribution in [0.4, 0.5) is 26.3 Å². The molecule has 0 aliphatic rings. The van der Waals surface area contributed by atoms with Crippen LogP contribution in [0.25, 0.3) is 0 Å². The Hall–Kier alpha value is -1.21. The second kappa shape index (κ2) is 4.34. The van der Waals surface area contributed by atoms with Gasteiger partial charge < -0.3 is 9.90 Å². The summed E-state index contributed by atoms with van der Waals surface area (Å²) < 4.78 is 70.1. The topological polar surface area (TPSA) is 40.1 Å². The van der Waals surface area contributed by atoms with Crippen molar-refractivity contribution in [3.05, 3.63) is 11.7 Å². The molecule has 0 aromatic carbocycles. The van der Waals surface area contributed by atoms with Crippen LogP contribution in [0.5, 0.6) is 0 Å². The van der Waals surface area contributed by atoms with Gasteiger partial charge in [-0.25, -0.2) is 4.39 Å². The number of rotatable bonds is 3. The van der Waals surface area contributed by atoms with Crippen LogP contribution in [0, 0.1) is 0 Å². The van der Waals surface area contributed by atoms with Gasteiger partial charge in [0.2, 0.25) is 0 Å². The largest absolute Gasteiger partial charge is 0.545 e. The Balaban J connectivity index is 4.74. The number of halogens is 6. The molecule has 14 heavy (non-hydrogen) atoms. The lowest BCUT2D eigenvalue weighted by atomic mass is 10.1. The molecule has 0 aromatic rings. The first-order chi connectivity index (χ1) is 6.15. The molecule has 0 radical (unpaired) electrons. The van der Waals surface area contributed by atoms with Crippen molar-refractivity contribution in [2.24, 2.45) is 0 Å². The van der Waals surface area contributed by atoms with Crippen molar-refractivity contribution in [2.75, 3.05) is 0 Å². The van der Waals surface area contributed by atoms with Crippen LogP contribution >= 0.6 is 0 Å². The van der Waals surface area contributed by atoms with E-state index in [0.29, 0.717) is 0 Å². The Morgan fingerprint density at radius 1 is 1.29 bits per heavy atom. The van der Waals surface area contributed by atoms with Crippen LogP contribution in [-0.2, 0) is 4.79 Å². The zero-order chi connectivity index (χ0) is 11.5. The van der Waals surface area contributed by atoms with Crippen molar-refractivity contribution in [1.82, 2.24) is 0 Å². The summed E-state index contributed by atoms with van der Waals surface area (Å²) in [5.41, 5.74) is -2.26. The van der Waals surface area contributed by atoms with E-state index in [2.05, 4.69) is 0 Å². The van der Waals surface area contributed by atoms with Crippen molar-refractivity contribution in [3.8, 4) is 0 Å². The van der Waals surface area contributed by atoms with Gasteiger partial charge in [-0.3, -0.25) is 0 Å². The fourth-order valence-corrected chi connectivity index (χ4v) is 0.629. The summed E-state index contributed by atoms with van der Waals surface area (Å²) in [6, 6.07) is 0. The van der Waals surface area contributed by atoms with Crippen molar-refractivity contribution < 1.29 is 36.2 Å². The summed E-state index contributed by atoms with van der Waals surface area (Å²) in [6.07, 6.45) is -13.7. The van der Waals surface area contributed by atoms with E-state index in [4.69, 9.17) is 0 Å². The third-order valence-electron chi connectivity index (χ3n) is 1.15. The summed E-state index contributed by atoms with van der Waals surface area (Å²) in [7, 11) is 0. The van der Waals surface area contributed by atoms with Crippen molar-refractivity contribution >= 4 is 5.97 Å². The molecule has 0 N–H and O–H groups in total. The fraction of sp³-hybridized carbons (Fsp3) is 0.500. The predicted octanol–water partition coefficient (Wildman–Crippen LogP) is 1.18. The monoisotopic (exact) mass is 221 g/mol. The quantitative estimate of drug-likeness (QED) is 0.530. The number of carbonyl (C=O) groups excluding carboxylic acids is 1. The van der Waals surface area contributed by atoms with E-state index in [0.717, 1.165) is 0 Å². The third-order valence-corrected chi connectivity index (χ3v) is 1.15. The molecule has 8 heteroatoms. The van der Waals surface area contributed by atoms with Crippen LogP contribution in [-0.4, -0.2) is 18.3 Å². The van der Waals surface area contributed by atoms with Crippen LogP contribution in [0.1, 0.15) is 6.42 Å². The maximum absolute atomic E-state index is 12.4. The van der Waals surface area contributed by atoms with E-state index < -0.39 is 36.4 Å². The molecule has 0 aliphatic heterocycles. The van der Waals surface area contributed by atoms with Gasteiger partial charge in [-0.1, -0.05) is 0 Å². The van der Waals surface area contributed by atoms with E-state index in [1.165, 1.54) is 0 Å². The molecule has 0 rings (SSSR count). The molecular weight excluding hydrogens is 218 g/mol. The summed E-state index contributed by atoms with van der Waals surface area (Å²) >= 11 is 0. The minimum Gasteiger partial charge on any atom is -0.545 e. The Bertz CT molecular complexity index is 252. The minimum absolute atomic E-state index is 2.26. The summed E-state index contributed by atoms with van der Waals surface area (Å²) in [5.74, 6) is -2.65. The predicted molar refractivity (Wildman–Crippen MR) is 29.8 cm³/mol. The van der Waals surface area contributed by atoms with Crippen LogP contribution in [0.2, 0.25) is 0 Å². The number of hydrogen-bond acceptors (Lipinski definition) is 2. The van der Waals surface area contributed by atoms with Gasteiger partial charge in [0.25, 0.3) is 6.08 Å². The highest BCUT2D eigenvalue weighted by atomic mass is 19.4. The van der Waals surface area contributed by atoms with Crippen LogP contribution in [0.15, 0.2) is 11.7 Å². The van der Waals surface area contributed by atoms with Crippen LogP contribution < -0.4 is 5.11 Å². The van der Waals surface area contributed by atoms with Gasteiger partial charge in [0.15, 0.2) is 0 Å². The van der Waals surface area contributed by atoms with Gasteiger partial charge in [0, 0.05) is 0 Å². The molecule has 0 spiro atoms. The third kappa shape index (κ3) is 4.15. The fourth-order valence-electron chi connectivity index (χ4n) is 0.629. The SMILES string of the molecule is O=C([O-])C(=C(F)F)C(F)CC(F)(F)F. The molecule has 0 aromatic heterocycles. The normalized spacial score (nSPS) is 13.6. The number of hydrogen-bond donors (Lipinski definition) is 0. The molecule has 0 amide bonds. The molecule has 0 fully saturated rings. The second-order valence-electron chi connectivity index (χ2n) is 2.25. The van der Waals surface area contributed by atoms with E-state index in [1.807, 2.05) is 0 Å². The second-order valence-corrected chi connectivity index (χ2v) is 2.25. The maximum atomic E-state index is 12.4. The van der Waals surface area contributed by atoms with Gasteiger partial charge in [0.05, 0.1) is 18.0 Å². The summed E-state index contributed by atoms with van der Waals surface area (Å²) in [6.45, 7) is 0. The Kier molecular flexibility index (Phi) is 3.96. The molecule has 0 saturated heterocycles. The highest BCUT2D eigenvalue weighted by molar-refractivity contribution is 5.86. The summed E-state index contributed by atoms with van der Waals surface area (Å²) in [4.78, 5) is 9.81. The number of carbonyl (C=O) groups is 1. The number of carboxylic acids is 1. The van der Waals surface area contributed by atoms with Crippen molar-refractivity contribution in [3.63, 3.8) is 0 Å². The zero-order valence-electron chi connectivity index (χ0n) is 6.37. The molecule has 1 unspecified atom stereocenters. The molecule has 1 atom stereocenters. The highest BCUT2D eigenvalue weighted by Crippen LogP contribution is 2.28. The average Bonchev–Trinajstić information content (AvgIpc) is 1.78. The van der Waals surface area contributed by atoms with E-state index in [-0.39, 0.29) is 0 Å². The van der Waals surface area contributed by atoms with Gasteiger partial charge in [-0.05, 0) is 0 Å². The number of aliphatic carboxylic acids is 1. The van der Waals surface area contributed by atoms with Gasteiger partial charge in [-0.2, -0.15) is 22.0 Å².